The summed E-state index contributed by atoms with van der Waals surface area (Å²) >= 11 is 1.30. The quantitative estimate of drug-likeness (QED) is 0.621. The second-order valence-electron chi connectivity index (χ2n) is 4.82. The van der Waals surface area contributed by atoms with Gasteiger partial charge in [-0.05, 0) is 31.2 Å². The van der Waals surface area contributed by atoms with Crippen molar-refractivity contribution < 1.29 is 23.9 Å². The number of esters is 1. The molecule has 0 radical (unpaired) electrons. The Morgan fingerprint density at radius 3 is 2.61 bits per heavy atom. The molecular weight excluding hydrogens is 320 g/mol. The normalized spacial score (nSPS) is 15.0. The number of methoxy groups -OCH3 is 1. The number of rotatable bonds is 6. The molecular formula is C15H18N2O5S. The van der Waals surface area contributed by atoms with E-state index in [1.807, 2.05) is 12.1 Å². The van der Waals surface area contributed by atoms with Gasteiger partial charge < -0.3 is 14.8 Å². The lowest BCUT2D eigenvalue weighted by Crippen LogP contribution is -2.42. The number of urea groups is 1. The largest absolute Gasteiger partial charge is 0.497 e. The number of thioether (sulfide) groups is 1. The number of ether oxygens (including phenoxy) is 2. The maximum Gasteiger partial charge on any atom is 0.324 e. The summed E-state index contributed by atoms with van der Waals surface area (Å²) in [6.45, 7) is 2.17. The molecule has 1 aromatic rings. The van der Waals surface area contributed by atoms with Crippen molar-refractivity contribution in [2.75, 3.05) is 26.0 Å². The number of hydrogen-bond donors (Lipinski definition) is 1. The lowest BCUT2D eigenvalue weighted by atomic mass is 10.3. The highest BCUT2D eigenvalue weighted by atomic mass is 32.2. The Bertz CT molecular complexity index is 590. The van der Waals surface area contributed by atoms with E-state index in [1.165, 1.54) is 18.7 Å². The summed E-state index contributed by atoms with van der Waals surface area (Å²) in [6, 6.07) is 6.81. The predicted molar refractivity (Wildman–Crippen MR) is 84.4 cm³/mol. The summed E-state index contributed by atoms with van der Waals surface area (Å²) in [5.74, 6) is -0.204. The zero-order valence-corrected chi connectivity index (χ0v) is 13.7. The average Bonchev–Trinajstić information content (AvgIpc) is 2.98. The lowest BCUT2D eigenvalue weighted by molar-refractivity contribution is -0.155. The number of nitrogens with zero attached hydrogens (tertiary/aromatic N) is 1. The van der Waals surface area contributed by atoms with Crippen LogP contribution in [0.15, 0.2) is 29.2 Å². The van der Waals surface area contributed by atoms with Crippen molar-refractivity contribution in [3.63, 3.8) is 0 Å². The molecule has 124 valence electrons. The molecule has 0 saturated carbocycles. The molecule has 0 unspecified atom stereocenters. The van der Waals surface area contributed by atoms with Gasteiger partial charge in [0.15, 0.2) is 6.10 Å². The Morgan fingerprint density at radius 1 is 1.35 bits per heavy atom. The first-order chi connectivity index (χ1) is 11.0. The van der Waals surface area contributed by atoms with E-state index in [4.69, 9.17) is 9.47 Å². The topological polar surface area (TPSA) is 84.9 Å². The molecule has 1 heterocycles. The van der Waals surface area contributed by atoms with Crippen LogP contribution < -0.4 is 10.1 Å². The van der Waals surface area contributed by atoms with Gasteiger partial charge in [-0.25, -0.2) is 4.79 Å². The second-order valence-corrected chi connectivity index (χ2v) is 5.87. The number of amides is 3. The molecule has 1 aliphatic heterocycles. The van der Waals surface area contributed by atoms with Crippen molar-refractivity contribution in [2.45, 2.75) is 17.9 Å². The van der Waals surface area contributed by atoms with Gasteiger partial charge in [0.25, 0.3) is 5.91 Å². The molecule has 1 N–H and O–H groups in total. The molecule has 1 aromatic carbocycles. The van der Waals surface area contributed by atoms with Crippen molar-refractivity contribution in [1.82, 2.24) is 10.2 Å². The van der Waals surface area contributed by atoms with Crippen LogP contribution >= 0.6 is 11.8 Å². The van der Waals surface area contributed by atoms with Gasteiger partial charge in [0.2, 0.25) is 0 Å². The molecule has 7 nitrogen and oxygen atoms in total. The molecule has 2 rings (SSSR count). The van der Waals surface area contributed by atoms with E-state index in [9.17, 15) is 14.4 Å². The minimum atomic E-state index is -0.984. The van der Waals surface area contributed by atoms with Crippen molar-refractivity contribution in [2.24, 2.45) is 0 Å². The number of carbonyl (C=O) groups is 3. The van der Waals surface area contributed by atoms with Crippen molar-refractivity contribution in [3.8, 4) is 5.75 Å². The van der Waals surface area contributed by atoms with Crippen molar-refractivity contribution >= 4 is 29.7 Å². The fraction of sp³-hybridized carbons (Fsp3) is 0.400. The Hall–Kier alpha value is -2.22. The van der Waals surface area contributed by atoms with Gasteiger partial charge in [0.1, 0.15) is 5.75 Å². The maximum atomic E-state index is 12.0. The molecule has 0 spiro atoms. The third-order valence-corrected chi connectivity index (χ3v) is 4.18. The predicted octanol–water partition coefficient (Wildman–Crippen LogP) is 1.27. The fourth-order valence-corrected chi connectivity index (χ4v) is 2.68. The van der Waals surface area contributed by atoms with E-state index in [1.54, 1.807) is 19.2 Å². The minimum absolute atomic E-state index is 0.0795. The summed E-state index contributed by atoms with van der Waals surface area (Å²) < 4.78 is 10.1. The van der Waals surface area contributed by atoms with Crippen LogP contribution in [0.25, 0.3) is 0 Å². The summed E-state index contributed by atoms with van der Waals surface area (Å²) in [7, 11) is 1.58. The smallest absolute Gasteiger partial charge is 0.324 e. The average molecular weight is 338 g/mol. The van der Waals surface area contributed by atoms with Crippen LogP contribution in [0.3, 0.4) is 0 Å². The van der Waals surface area contributed by atoms with Crippen LogP contribution in [0.2, 0.25) is 0 Å². The Morgan fingerprint density at radius 2 is 2.04 bits per heavy atom. The second kappa shape index (κ2) is 7.87. The SMILES string of the molecule is COc1ccc(SCC(=O)O[C@H](C)C(=O)N2CCNC2=O)cc1. The molecule has 1 saturated heterocycles. The summed E-state index contributed by atoms with van der Waals surface area (Å²) in [6.07, 6.45) is -0.984. The van der Waals surface area contributed by atoms with Crippen LogP contribution in [0.5, 0.6) is 5.75 Å². The van der Waals surface area contributed by atoms with Gasteiger partial charge in [-0.1, -0.05) is 0 Å². The molecule has 8 heteroatoms. The van der Waals surface area contributed by atoms with E-state index in [2.05, 4.69) is 5.32 Å². The molecule has 1 fully saturated rings. The number of carbonyl (C=O) groups excluding carboxylic acids is 3. The zero-order chi connectivity index (χ0) is 16.8. The standard InChI is InChI=1S/C15H18N2O5S/c1-10(14(19)17-8-7-16-15(17)20)22-13(18)9-23-12-5-3-11(21-2)4-6-12/h3-6,10H,7-9H2,1-2H3,(H,16,20)/t10-/m1/s1. The maximum absolute atomic E-state index is 12.0. The van der Waals surface area contributed by atoms with Crippen molar-refractivity contribution in [3.05, 3.63) is 24.3 Å². The van der Waals surface area contributed by atoms with Gasteiger partial charge >= 0.3 is 12.0 Å². The highest BCUT2D eigenvalue weighted by Gasteiger charge is 2.31. The van der Waals surface area contributed by atoms with Gasteiger partial charge in [-0.3, -0.25) is 14.5 Å². The van der Waals surface area contributed by atoms with Crippen LogP contribution in [0, 0.1) is 0 Å². The van der Waals surface area contributed by atoms with Gasteiger partial charge in [-0.2, -0.15) is 0 Å². The van der Waals surface area contributed by atoms with Gasteiger partial charge in [-0.15, -0.1) is 11.8 Å². The molecule has 0 aromatic heterocycles. The molecule has 0 aliphatic carbocycles. The highest BCUT2D eigenvalue weighted by molar-refractivity contribution is 8.00. The van der Waals surface area contributed by atoms with E-state index in [-0.39, 0.29) is 5.75 Å². The number of imide groups is 1. The van der Waals surface area contributed by atoms with Crippen LogP contribution in [-0.2, 0) is 14.3 Å². The number of hydrogen-bond acceptors (Lipinski definition) is 6. The summed E-state index contributed by atoms with van der Waals surface area (Å²) in [4.78, 5) is 37.2. The third-order valence-electron chi connectivity index (χ3n) is 3.19. The summed E-state index contributed by atoms with van der Waals surface area (Å²) in [5.41, 5.74) is 0. The van der Waals surface area contributed by atoms with E-state index >= 15 is 0 Å². The lowest BCUT2D eigenvalue weighted by Gasteiger charge is -2.18. The monoisotopic (exact) mass is 338 g/mol. The first-order valence-corrected chi connectivity index (χ1v) is 8.05. The fourth-order valence-electron chi connectivity index (χ4n) is 2.00. The van der Waals surface area contributed by atoms with E-state index in [0.717, 1.165) is 15.5 Å². The minimum Gasteiger partial charge on any atom is -0.497 e. The van der Waals surface area contributed by atoms with Gasteiger partial charge in [0, 0.05) is 18.0 Å². The Labute approximate surface area is 138 Å². The Balaban J connectivity index is 1.79. The van der Waals surface area contributed by atoms with Crippen LogP contribution in [0.1, 0.15) is 6.92 Å². The number of benzene rings is 1. The first kappa shape index (κ1) is 17.1. The van der Waals surface area contributed by atoms with Crippen LogP contribution in [-0.4, -0.2) is 54.9 Å². The highest BCUT2D eigenvalue weighted by Crippen LogP contribution is 2.21. The Kier molecular flexibility index (Phi) is 5.86. The molecule has 3 amide bonds. The van der Waals surface area contributed by atoms with Gasteiger partial charge in [0.05, 0.1) is 12.9 Å². The molecule has 1 atom stereocenters. The first-order valence-electron chi connectivity index (χ1n) is 7.07. The summed E-state index contributed by atoms with van der Waals surface area (Å²) in [5, 5.41) is 2.53. The molecule has 0 bridgehead atoms. The number of nitrogens with one attached hydrogen (secondary N) is 1. The van der Waals surface area contributed by atoms with Crippen LogP contribution in [0.4, 0.5) is 4.79 Å². The van der Waals surface area contributed by atoms with E-state index < -0.39 is 24.0 Å². The third kappa shape index (κ3) is 4.62. The van der Waals surface area contributed by atoms with E-state index in [0.29, 0.717) is 13.1 Å². The molecule has 23 heavy (non-hydrogen) atoms. The molecule has 1 aliphatic rings. The zero-order valence-electron chi connectivity index (χ0n) is 12.9. The van der Waals surface area contributed by atoms with Crippen molar-refractivity contribution in [1.29, 1.82) is 0 Å².